The molecule has 1 fully saturated rings. The van der Waals surface area contributed by atoms with Crippen LogP contribution in [0.2, 0.25) is 18.1 Å². The predicted octanol–water partition coefficient (Wildman–Crippen LogP) is 3.05. The molecule has 1 heterocycles. The quantitative estimate of drug-likeness (QED) is 0.304. The topological polar surface area (TPSA) is 136 Å². The lowest BCUT2D eigenvalue weighted by atomic mass is 9.96. The molecule has 0 radical (unpaired) electrons. The van der Waals surface area contributed by atoms with Gasteiger partial charge in [-0.2, -0.15) is 0 Å². The number of rotatable bonds is 7. The monoisotopic (exact) mass is 519 g/mol. The molecule has 1 rings (SSSR count). The Morgan fingerprint density at radius 2 is 1.40 bits per heavy atom. The van der Waals surface area contributed by atoms with Crippen LogP contribution in [0, 0.1) is 0 Å². The summed E-state index contributed by atoms with van der Waals surface area (Å²) >= 11 is 0. The summed E-state index contributed by atoms with van der Waals surface area (Å²) in [4.78, 5) is 48.2. The molecule has 11 nitrogen and oxygen atoms in total. The number of alkyl carbamates (subject to hydrolysis) is 1. The first kappa shape index (κ1) is 30.8. The maximum absolute atomic E-state index is 12.7. The molecular weight excluding hydrogens is 478 g/mol. The van der Waals surface area contributed by atoms with Crippen molar-refractivity contribution in [2.75, 3.05) is 6.61 Å². The fourth-order valence-electron chi connectivity index (χ4n) is 3.09. The van der Waals surface area contributed by atoms with Crippen LogP contribution in [-0.4, -0.2) is 75.2 Å². The summed E-state index contributed by atoms with van der Waals surface area (Å²) in [6.45, 7) is 18.5. The number of amides is 1. The minimum atomic E-state index is -2.56. The molecule has 0 aromatic carbocycles. The maximum atomic E-state index is 12.7. The number of nitrogens with one attached hydrogen (secondary N) is 1. The molecule has 0 aromatic heterocycles. The van der Waals surface area contributed by atoms with Gasteiger partial charge in [0.25, 0.3) is 0 Å². The largest absolute Gasteiger partial charge is 0.463 e. The van der Waals surface area contributed by atoms with E-state index in [1.54, 1.807) is 20.8 Å². The molecule has 1 N–H and O–H groups in total. The minimum Gasteiger partial charge on any atom is -0.463 e. The second-order valence-electron chi connectivity index (χ2n) is 11.0. The van der Waals surface area contributed by atoms with Gasteiger partial charge in [-0.3, -0.25) is 14.4 Å². The molecule has 0 aliphatic carbocycles. The lowest BCUT2D eigenvalue weighted by Crippen LogP contribution is -2.68. The molecule has 0 aromatic rings. The summed E-state index contributed by atoms with van der Waals surface area (Å²) in [5, 5.41) is 2.42. The Hall–Kier alpha value is -2.18. The van der Waals surface area contributed by atoms with E-state index < -0.39 is 68.6 Å². The number of ether oxygens (including phenoxy) is 5. The third-order valence-electron chi connectivity index (χ3n) is 5.60. The molecule has 0 saturated carbocycles. The molecule has 0 spiro atoms. The van der Waals surface area contributed by atoms with Crippen LogP contribution in [0.3, 0.4) is 0 Å². The van der Waals surface area contributed by atoms with E-state index >= 15 is 0 Å². The van der Waals surface area contributed by atoms with E-state index in [1.807, 2.05) is 33.9 Å². The highest BCUT2D eigenvalue weighted by Crippen LogP contribution is 2.40. The van der Waals surface area contributed by atoms with Crippen molar-refractivity contribution in [2.24, 2.45) is 0 Å². The van der Waals surface area contributed by atoms with E-state index in [4.69, 9.17) is 28.1 Å². The van der Waals surface area contributed by atoms with Gasteiger partial charge in [-0.05, 0) is 38.9 Å². The maximum Gasteiger partial charge on any atom is 0.408 e. The van der Waals surface area contributed by atoms with E-state index in [2.05, 4.69) is 5.32 Å². The Balaban J connectivity index is 3.57. The highest BCUT2D eigenvalue weighted by atomic mass is 28.4. The summed E-state index contributed by atoms with van der Waals surface area (Å²) in [6.07, 6.45) is -5.26. The van der Waals surface area contributed by atoms with Crippen LogP contribution in [0.1, 0.15) is 62.3 Å². The fourth-order valence-corrected chi connectivity index (χ4v) is 4.40. The van der Waals surface area contributed by atoms with Gasteiger partial charge in [0.05, 0.1) is 0 Å². The summed E-state index contributed by atoms with van der Waals surface area (Å²) in [5.74, 6) is -1.87. The number of hydrogen-bond acceptors (Lipinski definition) is 10. The van der Waals surface area contributed by atoms with Gasteiger partial charge in [0.1, 0.15) is 30.5 Å². The molecule has 35 heavy (non-hydrogen) atoms. The molecule has 1 aliphatic heterocycles. The standard InChI is InChI=1S/C23H41NO10Si/c1-13(25)29-12-16-18(30-14(2)26)19(34-35(10,11)23(7,8)9)17(20(32-16)31-15(3)27)24-21(28)33-22(4,5)6/h16-20H,12H2,1-11H3,(H,24,28)/t16-,17+,18+,19-,20+/m0/s1. The zero-order valence-corrected chi connectivity index (χ0v) is 23.7. The molecule has 1 amide bonds. The van der Waals surface area contributed by atoms with Crippen molar-refractivity contribution < 1.29 is 47.3 Å². The molecule has 1 aliphatic rings. The van der Waals surface area contributed by atoms with Crippen LogP contribution in [0.25, 0.3) is 0 Å². The molecule has 1 saturated heterocycles. The minimum absolute atomic E-state index is 0.259. The smallest absolute Gasteiger partial charge is 0.408 e. The first-order chi connectivity index (χ1) is 15.7. The van der Waals surface area contributed by atoms with E-state index in [1.165, 1.54) is 20.8 Å². The first-order valence-corrected chi connectivity index (χ1v) is 14.4. The van der Waals surface area contributed by atoms with Crippen LogP contribution < -0.4 is 5.32 Å². The zero-order valence-electron chi connectivity index (χ0n) is 22.7. The molecule has 12 heteroatoms. The van der Waals surface area contributed by atoms with Crippen molar-refractivity contribution in [1.29, 1.82) is 0 Å². The van der Waals surface area contributed by atoms with Gasteiger partial charge in [0.2, 0.25) is 6.29 Å². The van der Waals surface area contributed by atoms with E-state index in [0.717, 1.165) is 0 Å². The molecule has 5 atom stereocenters. The van der Waals surface area contributed by atoms with Crippen molar-refractivity contribution in [1.82, 2.24) is 5.32 Å². The Morgan fingerprint density at radius 3 is 1.83 bits per heavy atom. The van der Waals surface area contributed by atoms with Crippen molar-refractivity contribution >= 4 is 32.3 Å². The Labute approximate surface area is 208 Å². The average Bonchev–Trinajstić information content (AvgIpc) is 2.61. The van der Waals surface area contributed by atoms with Gasteiger partial charge in [0, 0.05) is 20.8 Å². The second-order valence-corrected chi connectivity index (χ2v) is 15.8. The van der Waals surface area contributed by atoms with Crippen LogP contribution in [0.15, 0.2) is 0 Å². The molecule has 0 unspecified atom stereocenters. The molecular formula is C23H41NO10Si. The van der Waals surface area contributed by atoms with Gasteiger partial charge in [-0.1, -0.05) is 20.8 Å². The Bertz CT molecular complexity index is 786. The first-order valence-electron chi connectivity index (χ1n) is 11.5. The van der Waals surface area contributed by atoms with Gasteiger partial charge < -0.3 is 33.4 Å². The number of carbonyl (C=O) groups excluding carboxylic acids is 4. The molecule has 0 bridgehead atoms. The Morgan fingerprint density at radius 1 is 0.857 bits per heavy atom. The zero-order chi connectivity index (χ0) is 27.4. The SMILES string of the molecule is CC(=O)OC[C@@H]1O[C@@H](OC(C)=O)[C@H](NC(=O)OC(C)(C)C)[C@H](O[Si](C)(C)C(C)(C)C)[C@@H]1OC(C)=O. The Kier molecular flexibility index (Phi) is 10.3. The van der Waals surface area contributed by atoms with Crippen LogP contribution in [-0.2, 0) is 42.5 Å². The van der Waals surface area contributed by atoms with Crippen LogP contribution in [0.4, 0.5) is 4.79 Å². The highest BCUT2D eigenvalue weighted by molar-refractivity contribution is 6.74. The van der Waals surface area contributed by atoms with E-state index in [9.17, 15) is 19.2 Å². The summed E-state index contributed by atoms with van der Waals surface area (Å²) < 4.78 is 34.0. The number of hydrogen-bond donors (Lipinski definition) is 1. The second kappa shape index (κ2) is 11.7. The van der Waals surface area contributed by atoms with Gasteiger partial charge in [-0.25, -0.2) is 4.79 Å². The predicted molar refractivity (Wildman–Crippen MR) is 128 cm³/mol. The lowest BCUT2D eigenvalue weighted by Gasteiger charge is -2.49. The number of carbonyl (C=O) groups is 4. The molecule has 202 valence electrons. The van der Waals surface area contributed by atoms with E-state index in [-0.39, 0.29) is 11.6 Å². The lowest BCUT2D eigenvalue weighted by molar-refractivity contribution is -0.265. The van der Waals surface area contributed by atoms with E-state index in [0.29, 0.717) is 0 Å². The summed E-state index contributed by atoms with van der Waals surface area (Å²) in [6, 6.07) is -1.10. The van der Waals surface area contributed by atoms with Crippen molar-refractivity contribution in [3.05, 3.63) is 0 Å². The highest BCUT2D eigenvalue weighted by Gasteiger charge is 2.54. The van der Waals surface area contributed by atoms with Gasteiger partial charge >= 0.3 is 24.0 Å². The van der Waals surface area contributed by atoms with Gasteiger partial charge in [-0.15, -0.1) is 0 Å². The third-order valence-corrected chi connectivity index (χ3v) is 10.1. The van der Waals surface area contributed by atoms with Gasteiger partial charge in [0.15, 0.2) is 14.4 Å². The van der Waals surface area contributed by atoms with Crippen LogP contribution >= 0.6 is 0 Å². The average molecular weight is 520 g/mol. The summed E-state index contributed by atoms with van der Waals surface area (Å²) in [5.41, 5.74) is -0.806. The van der Waals surface area contributed by atoms with Crippen molar-refractivity contribution in [3.8, 4) is 0 Å². The summed E-state index contributed by atoms with van der Waals surface area (Å²) in [7, 11) is -2.56. The third kappa shape index (κ3) is 9.77. The van der Waals surface area contributed by atoms with Crippen LogP contribution in [0.5, 0.6) is 0 Å². The van der Waals surface area contributed by atoms with Crippen molar-refractivity contribution in [3.63, 3.8) is 0 Å². The number of esters is 3. The van der Waals surface area contributed by atoms with Crippen molar-refractivity contribution in [2.45, 2.75) is 117 Å². The fraction of sp³-hybridized carbons (Fsp3) is 0.826. The normalized spacial score (nSPS) is 25.3.